The summed E-state index contributed by atoms with van der Waals surface area (Å²) in [5.41, 5.74) is 3.93. The third-order valence-corrected chi connectivity index (χ3v) is 4.77. The van der Waals surface area contributed by atoms with Crippen LogP contribution in [0.25, 0.3) is 0 Å². The maximum atomic E-state index is 4.68. The highest BCUT2D eigenvalue weighted by molar-refractivity contribution is 7.11. The molecule has 0 aliphatic carbocycles. The van der Waals surface area contributed by atoms with E-state index in [0.29, 0.717) is 5.92 Å². The lowest BCUT2D eigenvalue weighted by Crippen LogP contribution is -2.22. The van der Waals surface area contributed by atoms with Crippen molar-refractivity contribution in [3.63, 3.8) is 0 Å². The molecule has 0 fully saturated rings. The Kier molecular flexibility index (Phi) is 5.32. The van der Waals surface area contributed by atoms with Gasteiger partial charge in [-0.15, -0.1) is 11.3 Å². The van der Waals surface area contributed by atoms with Gasteiger partial charge in [-0.3, -0.25) is 0 Å². The van der Waals surface area contributed by atoms with Crippen molar-refractivity contribution in [3.05, 3.63) is 51.0 Å². The van der Waals surface area contributed by atoms with Crippen LogP contribution in [0.2, 0.25) is 0 Å². The number of hydrogen-bond donors (Lipinski definition) is 1. The summed E-state index contributed by atoms with van der Waals surface area (Å²) in [6.45, 7) is 7.42. The van der Waals surface area contributed by atoms with Crippen molar-refractivity contribution in [3.8, 4) is 0 Å². The fourth-order valence-corrected chi connectivity index (χ4v) is 3.48. The number of thiazole rings is 1. The normalized spacial score (nSPS) is 12.6. The lowest BCUT2D eigenvalue weighted by molar-refractivity contribution is 0.492. The first-order valence-corrected chi connectivity index (χ1v) is 8.03. The Labute approximate surface area is 126 Å². The summed E-state index contributed by atoms with van der Waals surface area (Å²) in [6.07, 6.45) is 2.17. The molecular weight excluding hydrogens is 264 g/mol. The molecule has 0 saturated heterocycles. The largest absolute Gasteiger partial charge is 0.319 e. The Balaban J connectivity index is 2.04. The van der Waals surface area contributed by atoms with Crippen molar-refractivity contribution >= 4 is 11.3 Å². The first-order chi connectivity index (χ1) is 9.58. The Morgan fingerprint density at radius 3 is 2.35 bits per heavy atom. The van der Waals surface area contributed by atoms with Gasteiger partial charge in [-0.1, -0.05) is 29.8 Å². The number of nitrogens with one attached hydrogen (secondary N) is 1. The smallest absolute Gasteiger partial charge is 0.0934 e. The van der Waals surface area contributed by atoms with Gasteiger partial charge in [0, 0.05) is 11.3 Å². The van der Waals surface area contributed by atoms with Crippen LogP contribution in [0, 0.1) is 26.7 Å². The molecule has 1 aromatic carbocycles. The Morgan fingerprint density at radius 1 is 1.10 bits per heavy atom. The number of nitrogens with zero attached hydrogens (tertiary/aromatic N) is 1. The monoisotopic (exact) mass is 288 g/mol. The van der Waals surface area contributed by atoms with E-state index in [2.05, 4.69) is 55.3 Å². The van der Waals surface area contributed by atoms with Crippen LogP contribution >= 0.6 is 11.3 Å². The summed E-state index contributed by atoms with van der Waals surface area (Å²) in [6, 6.07) is 8.89. The van der Waals surface area contributed by atoms with E-state index < -0.39 is 0 Å². The second-order valence-corrected chi connectivity index (χ2v) is 6.85. The fraction of sp³-hybridized carbons (Fsp3) is 0.471. The number of aryl methyl sites for hydroxylation is 3. The highest BCUT2D eigenvalue weighted by Gasteiger charge is 2.13. The van der Waals surface area contributed by atoms with Gasteiger partial charge >= 0.3 is 0 Å². The minimum absolute atomic E-state index is 0.604. The van der Waals surface area contributed by atoms with Gasteiger partial charge in [0.1, 0.15) is 0 Å². The maximum Gasteiger partial charge on any atom is 0.0934 e. The van der Waals surface area contributed by atoms with E-state index >= 15 is 0 Å². The maximum absolute atomic E-state index is 4.68. The van der Waals surface area contributed by atoms with Gasteiger partial charge < -0.3 is 5.32 Å². The Bertz CT molecular complexity index is 523. The van der Waals surface area contributed by atoms with Crippen molar-refractivity contribution in [1.29, 1.82) is 0 Å². The molecule has 0 aliphatic heterocycles. The van der Waals surface area contributed by atoms with Crippen molar-refractivity contribution in [2.45, 2.75) is 33.6 Å². The molecule has 1 atom stereocenters. The lowest BCUT2D eigenvalue weighted by atomic mass is 9.96. The quantitative estimate of drug-likeness (QED) is 0.877. The Hall–Kier alpha value is -1.19. The van der Waals surface area contributed by atoms with E-state index in [1.165, 1.54) is 26.7 Å². The van der Waals surface area contributed by atoms with Gasteiger partial charge in [0.2, 0.25) is 0 Å². The molecule has 0 radical (unpaired) electrons. The van der Waals surface area contributed by atoms with Crippen molar-refractivity contribution in [2.24, 2.45) is 5.92 Å². The molecule has 0 aliphatic rings. The second-order valence-electron chi connectivity index (χ2n) is 5.57. The summed E-state index contributed by atoms with van der Waals surface area (Å²) in [7, 11) is 2.03. The third kappa shape index (κ3) is 4.15. The third-order valence-electron chi connectivity index (χ3n) is 3.67. The van der Waals surface area contributed by atoms with E-state index in [0.717, 1.165) is 19.4 Å². The van der Waals surface area contributed by atoms with E-state index in [1.54, 1.807) is 0 Å². The number of benzene rings is 1. The van der Waals surface area contributed by atoms with Gasteiger partial charge in [-0.25, -0.2) is 4.98 Å². The summed E-state index contributed by atoms with van der Waals surface area (Å²) >= 11 is 1.84. The molecule has 1 aromatic heterocycles. The van der Waals surface area contributed by atoms with Crippen molar-refractivity contribution in [2.75, 3.05) is 13.6 Å². The van der Waals surface area contributed by atoms with Crippen LogP contribution in [-0.2, 0) is 12.8 Å². The predicted octanol–water partition coefficient (Wildman–Crippen LogP) is 3.69. The van der Waals surface area contributed by atoms with Crippen LogP contribution in [0.15, 0.2) is 24.3 Å². The van der Waals surface area contributed by atoms with Crippen LogP contribution in [0.5, 0.6) is 0 Å². The summed E-state index contributed by atoms with van der Waals surface area (Å²) in [5.74, 6) is 0.604. The first-order valence-electron chi connectivity index (χ1n) is 7.21. The van der Waals surface area contributed by atoms with Crippen LogP contribution in [0.4, 0.5) is 0 Å². The molecule has 2 nitrogen and oxygen atoms in total. The minimum atomic E-state index is 0.604. The molecule has 1 N–H and O–H groups in total. The van der Waals surface area contributed by atoms with Crippen LogP contribution < -0.4 is 5.32 Å². The SMILES string of the molecule is CNCC(Cc1ccc(C)cc1)Cc1nc(C)c(C)s1. The molecule has 0 bridgehead atoms. The zero-order valence-corrected chi connectivity index (χ0v) is 13.7. The molecule has 0 spiro atoms. The van der Waals surface area contributed by atoms with Gasteiger partial charge in [0.15, 0.2) is 0 Å². The molecule has 2 aromatic rings. The predicted molar refractivity (Wildman–Crippen MR) is 87.6 cm³/mol. The molecule has 3 heteroatoms. The second kappa shape index (κ2) is 7.00. The summed E-state index contributed by atoms with van der Waals surface area (Å²) < 4.78 is 0. The molecule has 108 valence electrons. The number of rotatable bonds is 6. The van der Waals surface area contributed by atoms with Crippen LogP contribution in [0.1, 0.15) is 26.7 Å². The van der Waals surface area contributed by atoms with E-state index in [9.17, 15) is 0 Å². The number of hydrogen-bond acceptors (Lipinski definition) is 3. The summed E-state index contributed by atoms with van der Waals surface area (Å²) in [4.78, 5) is 6.02. The van der Waals surface area contributed by atoms with Gasteiger partial charge in [-0.2, -0.15) is 0 Å². The fourth-order valence-electron chi connectivity index (χ4n) is 2.44. The number of aromatic nitrogens is 1. The zero-order valence-electron chi connectivity index (χ0n) is 12.9. The molecule has 20 heavy (non-hydrogen) atoms. The molecule has 1 unspecified atom stereocenters. The summed E-state index contributed by atoms with van der Waals surface area (Å²) in [5, 5.41) is 4.59. The Morgan fingerprint density at radius 2 is 1.80 bits per heavy atom. The van der Waals surface area contributed by atoms with E-state index in [1.807, 2.05) is 18.4 Å². The molecule has 1 heterocycles. The standard InChI is InChI=1S/C17H24N2S/c1-12-5-7-15(8-6-12)9-16(11-18-4)10-17-19-13(2)14(3)20-17/h5-8,16,18H,9-11H2,1-4H3. The first kappa shape index (κ1) is 15.2. The van der Waals surface area contributed by atoms with Gasteiger partial charge in [-0.05, 0) is 52.3 Å². The van der Waals surface area contributed by atoms with Gasteiger partial charge in [0.25, 0.3) is 0 Å². The highest BCUT2D eigenvalue weighted by Crippen LogP contribution is 2.21. The molecule has 0 saturated carbocycles. The van der Waals surface area contributed by atoms with Gasteiger partial charge in [0.05, 0.1) is 10.7 Å². The van der Waals surface area contributed by atoms with Crippen molar-refractivity contribution in [1.82, 2.24) is 10.3 Å². The topological polar surface area (TPSA) is 24.9 Å². The average molecular weight is 288 g/mol. The van der Waals surface area contributed by atoms with E-state index in [-0.39, 0.29) is 0 Å². The van der Waals surface area contributed by atoms with Crippen molar-refractivity contribution < 1.29 is 0 Å². The van der Waals surface area contributed by atoms with E-state index in [4.69, 9.17) is 0 Å². The lowest BCUT2D eigenvalue weighted by Gasteiger charge is -2.15. The molecule has 2 rings (SSSR count). The molecule has 0 amide bonds. The zero-order chi connectivity index (χ0) is 14.5. The van der Waals surface area contributed by atoms with Crippen LogP contribution in [-0.4, -0.2) is 18.6 Å². The average Bonchev–Trinajstić information content (AvgIpc) is 2.71. The minimum Gasteiger partial charge on any atom is -0.319 e. The van der Waals surface area contributed by atoms with Crippen LogP contribution in [0.3, 0.4) is 0 Å². The molecular formula is C17H24N2S. The highest BCUT2D eigenvalue weighted by atomic mass is 32.1.